The van der Waals surface area contributed by atoms with E-state index < -0.39 is 5.92 Å². The van der Waals surface area contributed by atoms with Crippen molar-refractivity contribution >= 4 is 34.1 Å². The van der Waals surface area contributed by atoms with Gasteiger partial charge in [-0.2, -0.15) is 5.10 Å². The molecule has 2 N–H and O–H groups in total. The molecular formula is C21H21N5O3S. The average molecular weight is 423 g/mol. The summed E-state index contributed by atoms with van der Waals surface area (Å²) >= 11 is 1.16. The maximum absolute atomic E-state index is 12.6. The summed E-state index contributed by atoms with van der Waals surface area (Å²) in [5, 5.41) is 10.2. The highest BCUT2D eigenvalue weighted by Crippen LogP contribution is 2.32. The monoisotopic (exact) mass is 423 g/mol. The lowest BCUT2D eigenvalue weighted by Gasteiger charge is -2.19. The van der Waals surface area contributed by atoms with Crippen LogP contribution >= 0.6 is 11.3 Å². The van der Waals surface area contributed by atoms with Crippen molar-refractivity contribution in [1.82, 2.24) is 20.1 Å². The molecule has 2 amide bonds. The molecule has 0 aliphatic heterocycles. The van der Waals surface area contributed by atoms with Gasteiger partial charge < -0.3 is 5.32 Å². The van der Waals surface area contributed by atoms with E-state index in [0.717, 1.165) is 22.6 Å². The number of thiazole rings is 1. The maximum Gasteiger partial charge on any atom is 0.257 e. The van der Waals surface area contributed by atoms with E-state index >= 15 is 0 Å². The van der Waals surface area contributed by atoms with Crippen LogP contribution in [0, 0.1) is 12.8 Å². The number of nitrogens with zero attached hydrogens (tertiary/aromatic N) is 3. The summed E-state index contributed by atoms with van der Waals surface area (Å²) in [5.74, 6) is -1.05. The topological polar surface area (TPSA) is 106 Å². The van der Waals surface area contributed by atoms with E-state index in [-0.39, 0.29) is 24.0 Å². The first-order valence-corrected chi connectivity index (χ1v) is 10.4. The molecule has 1 atom stereocenters. The molecule has 0 saturated heterocycles. The van der Waals surface area contributed by atoms with Gasteiger partial charge in [0.2, 0.25) is 5.91 Å². The molecule has 0 saturated carbocycles. The number of nitrogens with one attached hydrogen (secondary N) is 2. The largest absolute Gasteiger partial charge is 0.352 e. The Hall–Kier alpha value is -3.33. The molecule has 0 unspecified atom stereocenters. The standard InChI is InChI=1S/C21H21N5O3S/c1-12-15(11-23-26(12)2)10-22-19(28)14-8-16-18(17(27)9-14)30-21(24-16)25-20(29)13-6-4-3-5-7-13/h3-7,11,14H,8-10H2,1-2H3,(H,22,28)(H,24,25,29)/t14-/m0/s1. The molecule has 2 heterocycles. The predicted octanol–water partition coefficient (Wildman–Crippen LogP) is 2.50. The van der Waals surface area contributed by atoms with E-state index in [1.807, 2.05) is 20.0 Å². The third-order valence-corrected chi connectivity index (χ3v) is 6.29. The van der Waals surface area contributed by atoms with Crippen LogP contribution in [0.1, 0.15) is 43.4 Å². The molecule has 0 bridgehead atoms. The number of Topliss-reactive ketones (excluding diaryl/α,β-unsaturated/α-hetero) is 1. The van der Waals surface area contributed by atoms with Gasteiger partial charge in [-0.05, 0) is 19.1 Å². The van der Waals surface area contributed by atoms with Crippen LogP contribution in [0.5, 0.6) is 0 Å². The highest BCUT2D eigenvalue weighted by atomic mass is 32.1. The van der Waals surface area contributed by atoms with E-state index in [0.29, 0.717) is 34.2 Å². The van der Waals surface area contributed by atoms with Crippen LogP contribution in [0.15, 0.2) is 36.5 Å². The van der Waals surface area contributed by atoms with Gasteiger partial charge in [0.15, 0.2) is 10.9 Å². The molecule has 1 aliphatic carbocycles. The van der Waals surface area contributed by atoms with Crippen LogP contribution in [-0.2, 0) is 24.8 Å². The summed E-state index contributed by atoms with van der Waals surface area (Å²) in [6.45, 7) is 2.30. The number of ketones is 1. The van der Waals surface area contributed by atoms with Crippen molar-refractivity contribution in [1.29, 1.82) is 0 Å². The van der Waals surface area contributed by atoms with Crippen molar-refractivity contribution in [3.05, 3.63) is 63.9 Å². The molecule has 1 aromatic carbocycles. The zero-order chi connectivity index (χ0) is 21.3. The summed E-state index contributed by atoms with van der Waals surface area (Å²) in [5.41, 5.74) is 3.00. The number of hydrogen-bond acceptors (Lipinski definition) is 6. The van der Waals surface area contributed by atoms with Crippen molar-refractivity contribution in [2.75, 3.05) is 5.32 Å². The van der Waals surface area contributed by atoms with E-state index in [9.17, 15) is 14.4 Å². The molecular weight excluding hydrogens is 402 g/mol. The number of rotatable bonds is 5. The second kappa shape index (κ2) is 8.19. The van der Waals surface area contributed by atoms with Crippen LogP contribution in [0.25, 0.3) is 0 Å². The minimum atomic E-state index is -0.471. The number of aryl methyl sites for hydroxylation is 1. The van der Waals surface area contributed by atoms with Crippen LogP contribution in [0.4, 0.5) is 5.13 Å². The van der Waals surface area contributed by atoms with Gasteiger partial charge in [0.05, 0.1) is 22.7 Å². The van der Waals surface area contributed by atoms with Gasteiger partial charge in [0.25, 0.3) is 5.91 Å². The Kier molecular flexibility index (Phi) is 5.45. The lowest BCUT2D eigenvalue weighted by molar-refractivity contribution is -0.125. The van der Waals surface area contributed by atoms with Gasteiger partial charge in [-0.1, -0.05) is 29.5 Å². The number of hydrogen-bond donors (Lipinski definition) is 2. The van der Waals surface area contributed by atoms with Crippen molar-refractivity contribution in [2.24, 2.45) is 13.0 Å². The summed E-state index contributed by atoms with van der Waals surface area (Å²) < 4.78 is 1.75. The Morgan fingerprint density at radius 1 is 1.23 bits per heavy atom. The van der Waals surface area contributed by atoms with Crippen molar-refractivity contribution < 1.29 is 14.4 Å². The quantitative estimate of drug-likeness (QED) is 0.656. The lowest BCUT2D eigenvalue weighted by atomic mass is 9.89. The van der Waals surface area contributed by atoms with E-state index in [1.165, 1.54) is 0 Å². The third-order valence-electron chi connectivity index (χ3n) is 5.24. The maximum atomic E-state index is 12.6. The lowest BCUT2D eigenvalue weighted by Crippen LogP contribution is -2.35. The first kappa shape index (κ1) is 20.0. The number of carbonyl (C=O) groups excluding carboxylic acids is 3. The molecule has 154 valence electrons. The number of carbonyl (C=O) groups is 3. The molecule has 0 radical (unpaired) electrons. The summed E-state index contributed by atoms with van der Waals surface area (Å²) in [7, 11) is 1.85. The average Bonchev–Trinajstić information content (AvgIpc) is 3.30. The highest BCUT2D eigenvalue weighted by molar-refractivity contribution is 7.17. The number of benzene rings is 1. The highest BCUT2D eigenvalue weighted by Gasteiger charge is 2.33. The molecule has 2 aromatic heterocycles. The fourth-order valence-electron chi connectivity index (χ4n) is 3.37. The SMILES string of the molecule is Cc1c(CNC(=O)[C@@H]2CC(=O)c3sc(NC(=O)c4ccccc4)nc3C2)cnn1C. The first-order chi connectivity index (χ1) is 14.4. The second-order valence-corrected chi connectivity index (χ2v) is 8.24. The zero-order valence-electron chi connectivity index (χ0n) is 16.6. The molecule has 0 spiro atoms. The fourth-order valence-corrected chi connectivity index (χ4v) is 4.31. The van der Waals surface area contributed by atoms with E-state index in [4.69, 9.17) is 0 Å². The number of amides is 2. The van der Waals surface area contributed by atoms with E-state index in [1.54, 1.807) is 35.1 Å². The van der Waals surface area contributed by atoms with Crippen LogP contribution in [-0.4, -0.2) is 32.4 Å². The molecule has 9 heteroatoms. The Labute approximate surface area is 177 Å². The van der Waals surface area contributed by atoms with Crippen molar-refractivity contribution in [2.45, 2.75) is 26.3 Å². The first-order valence-electron chi connectivity index (χ1n) is 9.57. The van der Waals surface area contributed by atoms with Crippen LogP contribution in [0.2, 0.25) is 0 Å². The molecule has 3 aromatic rings. The van der Waals surface area contributed by atoms with Crippen molar-refractivity contribution in [3.8, 4) is 0 Å². The van der Waals surface area contributed by atoms with Crippen molar-refractivity contribution in [3.63, 3.8) is 0 Å². The second-order valence-electron chi connectivity index (χ2n) is 7.24. The van der Waals surface area contributed by atoms with E-state index in [2.05, 4.69) is 20.7 Å². The normalized spacial score (nSPS) is 15.5. The number of anilines is 1. The van der Waals surface area contributed by atoms with Gasteiger partial charge in [0, 0.05) is 43.3 Å². The van der Waals surface area contributed by atoms with Gasteiger partial charge in [0.1, 0.15) is 0 Å². The number of aromatic nitrogens is 3. The molecule has 4 rings (SSSR count). The van der Waals surface area contributed by atoms with Gasteiger partial charge in [-0.3, -0.25) is 24.4 Å². The minimum absolute atomic E-state index is 0.119. The predicted molar refractivity (Wildman–Crippen MR) is 112 cm³/mol. The van der Waals surface area contributed by atoms with Gasteiger partial charge in [-0.25, -0.2) is 4.98 Å². The molecule has 8 nitrogen and oxygen atoms in total. The Morgan fingerprint density at radius 2 is 2.00 bits per heavy atom. The van der Waals surface area contributed by atoms with Gasteiger partial charge in [-0.15, -0.1) is 0 Å². The Bertz CT molecular complexity index is 1120. The molecule has 1 aliphatic rings. The Morgan fingerprint density at radius 3 is 2.70 bits per heavy atom. The minimum Gasteiger partial charge on any atom is -0.352 e. The smallest absolute Gasteiger partial charge is 0.257 e. The summed E-state index contributed by atoms with van der Waals surface area (Å²) in [6.07, 6.45) is 2.23. The Balaban J connectivity index is 1.42. The third kappa shape index (κ3) is 4.02. The van der Waals surface area contributed by atoms with Crippen LogP contribution < -0.4 is 10.6 Å². The zero-order valence-corrected chi connectivity index (χ0v) is 17.5. The van der Waals surface area contributed by atoms with Gasteiger partial charge >= 0.3 is 0 Å². The fraction of sp³-hybridized carbons (Fsp3) is 0.286. The molecule has 30 heavy (non-hydrogen) atoms. The summed E-state index contributed by atoms with van der Waals surface area (Å²) in [4.78, 5) is 42.5. The van der Waals surface area contributed by atoms with Crippen LogP contribution in [0.3, 0.4) is 0 Å². The molecule has 0 fully saturated rings. The number of fused-ring (bicyclic) bond motifs is 1. The summed E-state index contributed by atoms with van der Waals surface area (Å²) in [6, 6.07) is 8.80.